The van der Waals surface area contributed by atoms with Gasteiger partial charge in [-0.15, -0.1) is 0 Å². The second-order valence-corrected chi connectivity index (χ2v) is 7.79. The van der Waals surface area contributed by atoms with Crippen LogP contribution in [0.2, 0.25) is 0 Å². The second-order valence-electron chi connectivity index (χ2n) is 7.79. The number of rotatable bonds is 7. The summed E-state index contributed by atoms with van der Waals surface area (Å²) in [5.41, 5.74) is 8.71. The number of hydrogen-bond donors (Lipinski definition) is 3. The molecule has 1 heterocycles. The maximum absolute atomic E-state index is 12.7. The minimum atomic E-state index is -0.593. The SMILES string of the molecule is COc1ccc(N2CCN(CC(=O)Nc3ccc(C)c(NC(C)=O)c3)C(C(N)=O)C2)cc1. The van der Waals surface area contributed by atoms with Crippen LogP contribution in [-0.4, -0.2) is 62.0 Å². The number of nitrogens with one attached hydrogen (secondary N) is 2. The Hall–Kier alpha value is -3.59. The van der Waals surface area contributed by atoms with Crippen molar-refractivity contribution in [3.8, 4) is 5.75 Å². The molecule has 0 bridgehead atoms. The number of benzene rings is 2. The van der Waals surface area contributed by atoms with E-state index in [1.165, 1.54) is 6.92 Å². The van der Waals surface area contributed by atoms with E-state index in [0.717, 1.165) is 17.0 Å². The monoisotopic (exact) mass is 439 g/mol. The number of methoxy groups -OCH3 is 1. The lowest BCUT2D eigenvalue weighted by molar-refractivity contribution is -0.125. The highest BCUT2D eigenvalue weighted by molar-refractivity contribution is 5.95. The van der Waals surface area contributed by atoms with Crippen molar-refractivity contribution in [2.24, 2.45) is 5.73 Å². The standard InChI is InChI=1S/C23H29N5O4/c1-15-4-5-17(12-20(15)25-16(2)29)26-22(30)14-28-11-10-27(13-21(28)23(24)31)18-6-8-19(32-3)9-7-18/h4-9,12,21H,10-11,13-14H2,1-3H3,(H2,24,31)(H,25,29)(H,26,30). The van der Waals surface area contributed by atoms with Crippen molar-refractivity contribution in [1.82, 2.24) is 4.90 Å². The number of piperazine rings is 1. The zero-order chi connectivity index (χ0) is 23.3. The van der Waals surface area contributed by atoms with Crippen molar-refractivity contribution < 1.29 is 19.1 Å². The minimum absolute atomic E-state index is 0.0351. The lowest BCUT2D eigenvalue weighted by atomic mass is 10.1. The Morgan fingerprint density at radius 3 is 2.44 bits per heavy atom. The largest absolute Gasteiger partial charge is 0.497 e. The predicted molar refractivity (Wildman–Crippen MR) is 124 cm³/mol. The molecule has 1 fully saturated rings. The Kier molecular flexibility index (Phi) is 7.32. The van der Waals surface area contributed by atoms with Crippen LogP contribution < -0.4 is 26.0 Å². The molecule has 1 aliphatic rings. The maximum atomic E-state index is 12.7. The van der Waals surface area contributed by atoms with Crippen LogP contribution >= 0.6 is 0 Å². The average Bonchev–Trinajstić information content (AvgIpc) is 2.76. The van der Waals surface area contributed by atoms with Crippen molar-refractivity contribution in [1.29, 1.82) is 0 Å². The number of anilines is 3. The van der Waals surface area contributed by atoms with E-state index in [0.29, 0.717) is 31.0 Å². The highest BCUT2D eigenvalue weighted by Gasteiger charge is 2.32. The summed E-state index contributed by atoms with van der Waals surface area (Å²) in [7, 11) is 1.61. The van der Waals surface area contributed by atoms with E-state index in [2.05, 4.69) is 15.5 Å². The Labute approximate surface area is 187 Å². The molecular weight excluding hydrogens is 410 g/mol. The maximum Gasteiger partial charge on any atom is 0.238 e. The molecule has 0 saturated carbocycles. The smallest absolute Gasteiger partial charge is 0.238 e. The van der Waals surface area contributed by atoms with Crippen molar-refractivity contribution in [3.05, 3.63) is 48.0 Å². The molecule has 2 aromatic rings. The van der Waals surface area contributed by atoms with Gasteiger partial charge in [-0.1, -0.05) is 6.07 Å². The fraction of sp³-hybridized carbons (Fsp3) is 0.348. The topological polar surface area (TPSA) is 117 Å². The normalized spacial score (nSPS) is 16.3. The summed E-state index contributed by atoms with van der Waals surface area (Å²) in [6.45, 7) is 4.90. The third-order valence-electron chi connectivity index (χ3n) is 5.44. The molecule has 1 saturated heterocycles. The lowest BCUT2D eigenvalue weighted by Gasteiger charge is -2.40. The molecular formula is C23H29N5O4. The van der Waals surface area contributed by atoms with Gasteiger partial charge in [0.1, 0.15) is 11.8 Å². The number of nitrogens with zero attached hydrogens (tertiary/aromatic N) is 2. The number of aryl methyl sites for hydroxylation is 1. The van der Waals surface area contributed by atoms with E-state index in [4.69, 9.17) is 10.5 Å². The number of primary amides is 1. The second kappa shape index (κ2) is 10.1. The highest BCUT2D eigenvalue weighted by Crippen LogP contribution is 2.23. The Morgan fingerprint density at radius 1 is 1.09 bits per heavy atom. The molecule has 32 heavy (non-hydrogen) atoms. The fourth-order valence-electron chi connectivity index (χ4n) is 3.72. The summed E-state index contributed by atoms with van der Waals surface area (Å²) in [5.74, 6) is -0.157. The molecule has 4 N–H and O–H groups in total. The molecule has 3 rings (SSSR count). The van der Waals surface area contributed by atoms with Crippen LogP contribution in [0.15, 0.2) is 42.5 Å². The van der Waals surface area contributed by atoms with Crippen LogP contribution in [-0.2, 0) is 14.4 Å². The Balaban J connectivity index is 1.64. The van der Waals surface area contributed by atoms with E-state index >= 15 is 0 Å². The van der Waals surface area contributed by atoms with Gasteiger partial charge in [0.15, 0.2) is 0 Å². The number of nitrogens with two attached hydrogens (primary N) is 1. The summed E-state index contributed by atoms with van der Waals surface area (Å²) in [5, 5.41) is 5.58. The van der Waals surface area contributed by atoms with Crippen molar-refractivity contribution in [2.75, 3.05) is 48.8 Å². The molecule has 2 aromatic carbocycles. The highest BCUT2D eigenvalue weighted by atomic mass is 16.5. The van der Waals surface area contributed by atoms with Gasteiger partial charge >= 0.3 is 0 Å². The zero-order valence-corrected chi connectivity index (χ0v) is 18.6. The molecule has 1 unspecified atom stereocenters. The number of ether oxygens (including phenoxy) is 1. The molecule has 0 radical (unpaired) electrons. The van der Waals surface area contributed by atoms with Crippen LogP contribution in [0.1, 0.15) is 12.5 Å². The van der Waals surface area contributed by atoms with Gasteiger partial charge in [-0.05, 0) is 48.9 Å². The van der Waals surface area contributed by atoms with Crippen molar-refractivity contribution in [3.63, 3.8) is 0 Å². The number of hydrogen-bond acceptors (Lipinski definition) is 6. The number of carbonyl (C=O) groups excluding carboxylic acids is 3. The fourth-order valence-corrected chi connectivity index (χ4v) is 3.72. The van der Waals surface area contributed by atoms with Gasteiger partial charge in [0.25, 0.3) is 0 Å². The molecule has 0 aromatic heterocycles. The Bertz CT molecular complexity index is 992. The first-order valence-corrected chi connectivity index (χ1v) is 10.4. The number of amides is 3. The van der Waals surface area contributed by atoms with Gasteiger partial charge in [-0.2, -0.15) is 0 Å². The lowest BCUT2D eigenvalue weighted by Crippen LogP contribution is -2.59. The predicted octanol–water partition coefficient (Wildman–Crippen LogP) is 1.58. The van der Waals surface area contributed by atoms with Crippen molar-refractivity contribution in [2.45, 2.75) is 19.9 Å². The van der Waals surface area contributed by atoms with Gasteiger partial charge in [-0.25, -0.2) is 0 Å². The van der Waals surface area contributed by atoms with E-state index in [-0.39, 0.29) is 18.4 Å². The molecule has 1 atom stereocenters. The quantitative estimate of drug-likeness (QED) is 0.603. The number of carbonyl (C=O) groups is 3. The van der Waals surface area contributed by atoms with Gasteiger partial charge in [0.05, 0.1) is 13.7 Å². The summed E-state index contributed by atoms with van der Waals surface area (Å²) in [6, 6.07) is 12.3. The molecule has 1 aliphatic heterocycles. The van der Waals surface area contributed by atoms with Crippen LogP contribution in [0, 0.1) is 6.92 Å². The van der Waals surface area contributed by atoms with Crippen molar-refractivity contribution >= 4 is 34.8 Å². The molecule has 0 spiro atoms. The van der Waals surface area contributed by atoms with Crippen LogP contribution in [0.5, 0.6) is 5.75 Å². The van der Waals surface area contributed by atoms with Gasteiger partial charge in [0.2, 0.25) is 17.7 Å². The van der Waals surface area contributed by atoms with E-state index in [1.54, 1.807) is 24.1 Å². The molecule has 170 valence electrons. The van der Waals surface area contributed by atoms with Crippen LogP contribution in [0.25, 0.3) is 0 Å². The van der Waals surface area contributed by atoms with Crippen LogP contribution in [0.4, 0.5) is 17.1 Å². The Morgan fingerprint density at radius 2 is 1.81 bits per heavy atom. The third-order valence-corrected chi connectivity index (χ3v) is 5.44. The molecule has 9 heteroatoms. The molecule has 9 nitrogen and oxygen atoms in total. The van der Waals surface area contributed by atoms with Gasteiger partial charge in [-0.3, -0.25) is 19.3 Å². The van der Waals surface area contributed by atoms with E-state index in [1.807, 2.05) is 37.3 Å². The summed E-state index contributed by atoms with van der Waals surface area (Å²) in [6.07, 6.45) is 0. The van der Waals surface area contributed by atoms with Gasteiger partial charge < -0.3 is 26.0 Å². The summed E-state index contributed by atoms with van der Waals surface area (Å²) in [4.78, 5) is 40.0. The first-order valence-electron chi connectivity index (χ1n) is 10.4. The van der Waals surface area contributed by atoms with Crippen LogP contribution in [0.3, 0.4) is 0 Å². The molecule has 3 amide bonds. The zero-order valence-electron chi connectivity index (χ0n) is 18.6. The summed E-state index contributed by atoms with van der Waals surface area (Å²) >= 11 is 0. The first kappa shape index (κ1) is 23.1. The first-order chi connectivity index (χ1) is 15.3. The summed E-state index contributed by atoms with van der Waals surface area (Å²) < 4.78 is 5.19. The van der Waals surface area contributed by atoms with E-state index in [9.17, 15) is 14.4 Å². The van der Waals surface area contributed by atoms with Gasteiger partial charge in [0, 0.05) is 43.6 Å². The average molecular weight is 440 g/mol. The minimum Gasteiger partial charge on any atom is -0.497 e. The molecule has 0 aliphatic carbocycles. The third kappa shape index (κ3) is 5.76. The van der Waals surface area contributed by atoms with E-state index < -0.39 is 11.9 Å².